The summed E-state index contributed by atoms with van der Waals surface area (Å²) in [7, 11) is 0. The topological polar surface area (TPSA) is 16.3 Å². The van der Waals surface area contributed by atoms with Crippen molar-refractivity contribution in [2.24, 2.45) is 0 Å². The molecule has 16 rings (SSSR count). The van der Waals surface area contributed by atoms with E-state index in [2.05, 4.69) is 128 Å². The molecular weight excluding hydrogens is 582 g/mol. The van der Waals surface area contributed by atoms with Gasteiger partial charge >= 0.3 is 0 Å². The van der Waals surface area contributed by atoms with E-state index in [-0.39, 0.29) is 0 Å². The fourth-order valence-electron chi connectivity index (χ4n) is 13.8. The van der Waals surface area contributed by atoms with Crippen LogP contribution < -0.4 is 31.7 Å². The van der Waals surface area contributed by atoms with Crippen LogP contribution in [0.1, 0.15) is 12.1 Å². The average Bonchev–Trinajstić information content (AvgIpc) is 3.78. The standard InChI is InChI=1S/C42H24B2N4/c1-3-11-27-25(9-1)43-26-10-2-4-12-28(26)46-30-14-6-8-22-24-18-16-20-19-15-17-23-21-7-5-13-29-35(21)47-37(23)31(19)44-32(20)38(24)48(36(22)30)42-34(44)41(47)39(45(27)29)33(43)40(42)46/h1-18,33-34,39-42H/t33?,34-,39?,40?,41+,42?/m1/s1. The number of hydrogen-bond acceptors (Lipinski definition) is 2. The molecule has 6 aromatic carbocycles. The molecule has 0 saturated heterocycles. The third kappa shape index (κ3) is 1.83. The molecule has 1 aliphatic carbocycles. The van der Waals surface area contributed by atoms with Gasteiger partial charge in [-0.15, -0.1) is 0 Å². The van der Waals surface area contributed by atoms with E-state index in [1.54, 1.807) is 10.9 Å². The quantitative estimate of drug-likeness (QED) is 0.188. The number of fused-ring (bicyclic) bond motifs is 11. The lowest BCUT2D eigenvalue weighted by molar-refractivity contribution is 0.203. The Bertz CT molecular complexity index is 2810. The van der Waals surface area contributed by atoms with Gasteiger partial charge in [0.1, 0.15) is 0 Å². The number of benzene rings is 6. The summed E-state index contributed by atoms with van der Waals surface area (Å²) in [5, 5.41) is 5.76. The Labute approximate surface area is 275 Å². The molecule has 7 aliphatic heterocycles. The van der Waals surface area contributed by atoms with Crippen LogP contribution >= 0.6 is 0 Å². The van der Waals surface area contributed by atoms with E-state index in [0.29, 0.717) is 49.2 Å². The van der Waals surface area contributed by atoms with Crippen LogP contribution in [0.2, 0.25) is 11.6 Å². The van der Waals surface area contributed by atoms with Crippen molar-refractivity contribution in [3.8, 4) is 11.1 Å². The molecule has 1 saturated carbocycles. The lowest BCUT2D eigenvalue weighted by Crippen LogP contribution is -2.76. The zero-order valence-corrected chi connectivity index (χ0v) is 25.8. The van der Waals surface area contributed by atoms with Crippen LogP contribution in [0.25, 0.3) is 54.7 Å². The third-order valence-electron chi connectivity index (χ3n) is 14.7. The van der Waals surface area contributed by atoms with Crippen molar-refractivity contribution < 1.29 is 0 Å². The second-order valence-electron chi connectivity index (χ2n) is 15.9. The van der Waals surface area contributed by atoms with Crippen LogP contribution in [0.15, 0.2) is 109 Å². The first-order valence-corrected chi connectivity index (χ1v) is 17.9. The minimum absolute atomic E-state index is 0.350. The fourth-order valence-corrected chi connectivity index (χ4v) is 13.8. The van der Waals surface area contributed by atoms with E-state index >= 15 is 0 Å². The van der Waals surface area contributed by atoms with E-state index in [1.807, 2.05) is 0 Å². The molecule has 9 heterocycles. The van der Waals surface area contributed by atoms with Gasteiger partial charge in [0.25, 0.3) is 0 Å². The molecule has 0 spiro atoms. The first kappa shape index (κ1) is 22.3. The molecule has 0 amide bonds. The number of nitrogens with zero attached hydrogens (tertiary/aromatic N) is 4. The average molecular weight is 606 g/mol. The lowest BCUT2D eigenvalue weighted by Gasteiger charge is -2.68. The molecule has 0 bridgehead atoms. The molecule has 2 aromatic heterocycles. The first-order valence-electron chi connectivity index (χ1n) is 17.9. The number of aromatic nitrogens is 2. The Hall–Kier alpha value is -5.35. The van der Waals surface area contributed by atoms with Crippen molar-refractivity contribution >= 4 is 102 Å². The van der Waals surface area contributed by atoms with Crippen molar-refractivity contribution in [1.82, 2.24) is 9.13 Å². The van der Waals surface area contributed by atoms with Gasteiger partial charge in [-0.05, 0) is 58.0 Å². The molecule has 6 atom stereocenters. The highest BCUT2D eigenvalue weighted by atomic mass is 15.3. The Morgan fingerprint density at radius 1 is 0.375 bits per heavy atom. The van der Waals surface area contributed by atoms with Crippen molar-refractivity contribution in [2.75, 3.05) is 9.80 Å². The van der Waals surface area contributed by atoms with Crippen molar-refractivity contribution in [3.63, 3.8) is 0 Å². The lowest BCUT2D eigenvalue weighted by atomic mass is 9.21. The van der Waals surface area contributed by atoms with Crippen LogP contribution in [-0.4, -0.2) is 34.6 Å². The maximum atomic E-state index is 2.93. The number of para-hydroxylation sites is 4. The van der Waals surface area contributed by atoms with Gasteiger partial charge in [-0.3, -0.25) is 0 Å². The molecule has 4 unspecified atom stereocenters. The van der Waals surface area contributed by atoms with E-state index in [0.717, 1.165) is 0 Å². The van der Waals surface area contributed by atoms with Gasteiger partial charge in [0.05, 0.1) is 46.6 Å². The van der Waals surface area contributed by atoms with Crippen LogP contribution in [0, 0.1) is 0 Å². The smallest absolute Gasteiger partial charge is 0.223 e. The minimum atomic E-state index is 0.350. The monoisotopic (exact) mass is 606 g/mol. The molecular formula is C42H24B2N4. The van der Waals surface area contributed by atoms with Crippen molar-refractivity contribution in [3.05, 3.63) is 109 Å². The van der Waals surface area contributed by atoms with Crippen LogP contribution in [0.4, 0.5) is 22.7 Å². The maximum Gasteiger partial charge on any atom is 0.223 e. The zero-order valence-electron chi connectivity index (χ0n) is 25.8. The molecule has 4 nitrogen and oxygen atoms in total. The van der Waals surface area contributed by atoms with Gasteiger partial charge < -0.3 is 18.9 Å². The Balaban J connectivity index is 1.22. The normalized spacial score (nSPS) is 27.0. The van der Waals surface area contributed by atoms with E-state index in [9.17, 15) is 0 Å². The summed E-state index contributed by atoms with van der Waals surface area (Å²) >= 11 is 0. The fraction of sp³-hybridized carbons (Fsp3) is 0.143. The second kappa shape index (κ2) is 6.53. The minimum Gasteiger partial charge on any atom is -0.335 e. The Morgan fingerprint density at radius 3 is 1.38 bits per heavy atom. The predicted molar refractivity (Wildman–Crippen MR) is 198 cm³/mol. The number of hydrogen-bond donors (Lipinski definition) is 0. The first-order chi connectivity index (χ1) is 23.9. The van der Waals surface area contributed by atoms with Gasteiger partial charge in [-0.2, -0.15) is 0 Å². The van der Waals surface area contributed by atoms with E-state index < -0.39 is 0 Å². The van der Waals surface area contributed by atoms with E-state index in [1.165, 1.54) is 88.4 Å². The third-order valence-corrected chi connectivity index (χ3v) is 14.7. The number of rotatable bonds is 0. The van der Waals surface area contributed by atoms with Crippen LogP contribution in [-0.2, 0) is 0 Å². The van der Waals surface area contributed by atoms with E-state index in [4.69, 9.17) is 0 Å². The largest absolute Gasteiger partial charge is 0.335 e. The number of anilines is 4. The predicted octanol–water partition coefficient (Wildman–Crippen LogP) is 6.33. The summed E-state index contributed by atoms with van der Waals surface area (Å²) in [5.41, 5.74) is 20.9. The molecule has 218 valence electrons. The second-order valence-corrected chi connectivity index (χ2v) is 15.9. The summed E-state index contributed by atoms with van der Waals surface area (Å²) in [6, 6.07) is 44.7. The molecule has 0 N–H and O–H groups in total. The Morgan fingerprint density at radius 2 is 0.833 bits per heavy atom. The van der Waals surface area contributed by atoms with Gasteiger partial charge in [0, 0.05) is 44.0 Å². The summed E-state index contributed by atoms with van der Waals surface area (Å²) < 4.78 is 5.87. The maximum absolute atomic E-state index is 2.93. The highest BCUT2D eigenvalue weighted by molar-refractivity contribution is 6.95. The molecule has 8 aliphatic rings. The molecule has 1 fully saturated rings. The van der Waals surface area contributed by atoms with Gasteiger partial charge in [0.2, 0.25) is 13.4 Å². The van der Waals surface area contributed by atoms with Gasteiger partial charge in [-0.1, -0.05) is 95.9 Å². The molecule has 6 heteroatoms. The van der Waals surface area contributed by atoms with Crippen LogP contribution in [0.5, 0.6) is 0 Å². The molecule has 48 heavy (non-hydrogen) atoms. The van der Waals surface area contributed by atoms with Gasteiger partial charge in [-0.25, -0.2) is 0 Å². The van der Waals surface area contributed by atoms with Crippen molar-refractivity contribution in [2.45, 2.75) is 35.8 Å². The zero-order chi connectivity index (χ0) is 30.0. The Kier molecular flexibility index (Phi) is 3.03. The summed E-state index contributed by atoms with van der Waals surface area (Å²) in [6.45, 7) is 0.773. The SMILES string of the molecule is c1ccc2c(c1)B1c3ccccc3N3c4cccc5c6ccc7c8c6n(c45)[C@@H]4C3C1C1C3[C@@H]4B8c4c-7ccc5c6cccc(c6n3c45)N21. The highest BCUT2D eigenvalue weighted by Gasteiger charge is 2.70. The summed E-state index contributed by atoms with van der Waals surface area (Å²) in [4.78, 5) is 5.74. The summed E-state index contributed by atoms with van der Waals surface area (Å²) in [6.07, 6.45) is 0. The van der Waals surface area contributed by atoms with Gasteiger partial charge in [0.15, 0.2) is 0 Å². The summed E-state index contributed by atoms with van der Waals surface area (Å²) in [5.74, 6) is 0.903. The van der Waals surface area contributed by atoms with Crippen molar-refractivity contribution in [1.29, 1.82) is 0 Å². The molecule has 0 radical (unpaired) electrons. The van der Waals surface area contributed by atoms with Crippen LogP contribution in [0.3, 0.4) is 0 Å². The molecule has 8 aromatic rings. The highest BCUT2D eigenvalue weighted by Crippen LogP contribution is 2.69.